The van der Waals surface area contributed by atoms with Crippen LogP contribution in [0.3, 0.4) is 0 Å². The molecule has 0 bridgehead atoms. The number of Topliss-reactive ketones (excluding diaryl/α,β-unsaturated/α-hetero) is 1. The summed E-state index contributed by atoms with van der Waals surface area (Å²) >= 11 is 0. The van der Waals surface area contributed by atoms with Gasteiger partial charge in [0.05, 0.1) is 19.3 Å². The highest BCUT2D eigenvalue weighted by molar-refractivity contribution is 6.03. The van der Waals surface area contributed by atoms with E-state index in [1.807, 2.05) is 13.8 Å². The lowest BCUT2D eigenvalue weighted by Crippen LogP contribution is -2.34. The second-order valence-corrected chi connectivity index (χ2v) is 7.03. The van der Waals surface area contributed by atoms with E-state index in [-0.39, 0.29) is 23.9 Å². The van der Waals surface area contributed by atoms with Gasteiger partial charge in [-0.25, -0.2) is 4.79 Å². The average Bonchev–Trinajstić information content (AvgIpc) is 2.70. The SMILES string of the molecule is CCOCCOC(=O)C1=C(C)NC2=C(C(=O)CCC2)C1c1ccc(O)c(OC)c1. The molecular formula is C22H27NO6. The summed E-state index contributed by atoms with van der Waals surface area (Å²) < 4.78 is 15.9. The molecule has 156 valence electrons. The Labute approximate surface area is 170 Å². The van der Waals surface area contributed by atoms with Crippen LogP contribution >= 0.6 is 0 Å². The summed E-state index contributed by atoms with van der Waals surface area (Å²) in [5.41, 5.74) is 3.19. The van der Waals surface area contributed by atoms with Gasteiger partial charge in [0.15, 0.2) is 17.3 Å². The molecule has 0 saturated heterocycles. The van der Waals surface area contributed by atoms with Crippen LogP contribution in [0.15, 0.2) is 40.7 Å². The number of benzene rings is 1. The van der Waals surface area contributed by atoms with Gasteiger partial charge in [0.25, 0.3) is 0 Å². The summed E-state index contributed by atoms with van der Waals surface area (Å²) in [7, 11) is 1.46. The summed E-state index contributed by atoms with van der Waals surface area (Å²) in [6.07, 6.45) is 1.96. The van der Waals surface area contributed by atoms with E-state index < -0.39 is 11.9 Å². The van der Waals surface area contributed by atoms with E-state index in [2.05, 4.69) is 5.32 Å². The largest absolute Gasteiger partial charge is 0.504 e. The number of carbonyl (C=O) groups is 2. The molecule has 0 fully saturated rings. The second kappa shape index (κ2) is 9.13. The first-order valence-electron chi connectivity index (χ1n) is 9.83. The lowest BCUT2D eigenvalue weighted by Gasteiger charge is -2.34. The van der Waals surface area contributed by atoms with Crippen LogP contribution in [0.1, 0.15) is 44.6 Å². The van der Waals surface area contributed by atoms with Gasteiger partial charge in [0.1, 0.15) is 6.61 Å². The van der Waals surface area contributed by atoms with E-state index in [1.54, 1.807) is 12.1 Å². The molecule has 0 amide bonds. The molecule has 7 heteroatoms. The van der Waals surface area contributed by atoms with E-state index >= 15 is 0 Å². The minimum Gasteiger partial charge on any atom is -0.504 e. The summed E-state index contributed by atoms with van der Waals surface area (Å²) in [5.74, 6) is -0.767. The number of aromatic hydroxyl groups is 1. The Morgan fingerprint density at radius 2 is 2.07 bits per heavy atom. The van der Waals surface area contributed by atoms with Crippen molar-refractivity contribution < 1.29 is 28.9 Å². The zero-order valence-electron chi connectivity index (χ0n) is 17.0. The van der Waals surface area contributed by atoms with Crippen molar-refractivity contribution in [3.8, 4) is 11.5 Å². The third-order valence-corrected chi connectivity index (χ3v) is 5.20. The number of phenols is 1. The van der Waals surface area contributed by atoms with E-state index in [4.69, 9.17) is 14.2 Å². The van der Waals surface area contributed by atoms with Crippen LogP contribution in [0.25, 0.3) is 0 Å². The highest BCUT2D eigenvalue weighted by Gasteiger charge is 2.39. The summed E-state index contributed by atoms with van der Waals surface area (Å²) in [4.78, 5) is 25.8. The number of ether oxygens (including phenoxy) is 3. The monoisotopic (exact) mass is 401 g/mol. The van der Waals surface area contributed by atoms with Crippen molar-refractivity contribution in [3.05, 3.63) is 46.3 Å². The Bertz CT molecular complexity index is 870. The van der Waals surface area contributed by atoms with Crippen LogP contribution in [0.2, 0.25) is 0 Å². The van der Waals surface area contributed by atoms with Crippen molar-refractivity contribution in [1.82, 2.24) is 5.32 Å². The number of hydrogen-bond acceptors (Lipinski definition) is 7. The highest BCUT2D eigenvalue weighted by Crippen LogP contribution is 2.44. The number of rotatable bonds is 7. The molecule has 0 spiro atoms. The van der Waals surface area contributed by atoms with Crippen molar-refractivity contribution in [2.24, 2.45) is 0 Å². The van der Waals surface area contributed by atoms with Crippen LogP contribution in [-0.2, 0) is 19.1 Å². The summed E-state index contributed by atoms with van der Waals surface area (Å²) in [6, 6.07) is 4.89. The Kier molecular flexibility index (Phi) is 6.59. The lowest BCUT2D eigenvalue weighted by molar-refractivity contribution is -0.140. The van der Waals surface area contributed by atoms with Gasteiger partial charge in [0.2, 0.25) is 0 Å². The first-order chi connectivity index (χ1) is 14.0. The standard InChI is InChI=1S/C22H27NO6/c1-4-28-10-11-29-22(26)19-13(2)23-15-6-5-7-17(25)21(15)20(19)14-8-9-16(24)18(12-14)27-3/h8-9,12,20,23-24H,4-7,10-11H2,1-3H3. The van der Waals surface area contributed by atoms with Crippen molar-refractivity contribution in [2.45, 2.75) is 39.0 Å². The highest BCUT2D eigenvalue weighted by atomic mass is 16.6. The maximum absolute atomic E-state index is 13.0. The van der Waals surface area contributed by atoms with Gasteiger partial charge < -0.3 is 24.6 Å². The first-order valence-corrected chi connectivity index (χ1v) is 9.83. The van der Waals surface area contributed by atoms with Crippen molar-refractivity contribution >= 4 is 11.8 Å². The average molecular weight is 401 g/mol. The Morgan fingerprint density at radius 1 is 1.28 bits per heavy atom. The number of carbonyl (C=O) groups excluding carboxylic acids is 2. The lowest BCUT2D eigenvalue weighted by atomic mass is 9.75. The van der Waals surface area contributed by atoms with E-state index in [9.17, 15) is 14.7 Å². The molecule has 1 unspecified atom stereocenters. The predicted octanol–water partition coefficient (Wildman–Crippen LogP) is 2.95. The molecule has 1 aliphatic carbocycles. The minimum atomic E-state index is -0.576. The Balaban J connectivity index is 2.03. The molecule has 1 heterocycles. The van der Waals surface area contributed by atoms with Crippen LogP contribution in [0, 0.1) is 0 Å². The Hall–Kier alpha value is -2.80. The molecular weight excluding hydrogens is 374 g/mol. The van der Waals surface area contributed by atoms with Crippen molar-refractivity contribution in [3.63, 3.8) is 0 Å². The van der Waals surface area contributed by atoms with Crippen LogP contribution in [-0.4, -0.2) is 43.8 Å². The molecule has 7 nitrogen and oxygen atoms in total. The molecule has 2 N–H and O–H groups in total. The maximum Gasteiger partial charge on any atom is 0.336 e. The van der Waals surface area contributed by atoms with Gasteiger partial charge in [-0.1, -0.05) is 6.07 Å². The summed E-state index contributed by atoms with van der Waals surface area (Å²) in [5, 5.41) is 13.2. The van der Waals surface area contributed by atoms with Gasteiger partial charge in [0, 0.05) is 35.9 Å². The van der Waals surface area contributed by atoms with Gasteiger partial charge in [-0.2, -0.15) is 0 Å². The number of esters is 1. The van der Waals surface area contributed by atoms with Gasteiger partial charge in [-0.3, -0.25) is 4.79 Å². The third kappa shape index (κ3) is 4.29. The third-order valence-electron chi connectivity index (χ3n) is 5.20. The molecule has 1 aromatic rings. The molecule has 0 aromatic heterocycles. The smallest absolute Gasteiger partial charge is 0.336 e. The number of ketones is 1. The van der Waals surface area contributed by atoms with Gasteiger partial charge >= 0.3 is 5.97 Å². The van der Waals surface area contributed by atoms with E-state index in [0.29, 0.717) is 42.0 Å². The molecule has 0 saturated carbocycles. The van der Waals surface area contributed by atoms with Crippen LogP contribution in [0.4, 0.5) is 0 Å². The zero-order chi connectivity index (χ0) is 21.0. The molecule has 2 aliphatic rings. The van der Waals surface area contributed by atoms with Gasteiger partial charge in [-0.05, 0) is 44.4 Å². The quantitative estimate of drug-likeness (QED) is 0.536. The maximum atomic E-state index is 13.0. The fourth-order valence-corrected chi connectivity index (χ4v) is 3.88. The summed E-state index contributed by atoms with van der Waals surface area (Å²) in [6.45, 7) is 4.67. The minimum absolute atomic E-state index is 0.00380. The molecule has 0 radical (unpaired) electrons. The number of hydrogen-bond donors (Lipinski definition) is 2. The number of nitrogens with one attached hydrogen (secondary N) is 1. The molecule has 1 aliphatic heterocycles. The number of phenolic OH excluding ortho intramolecular Hbond substituents is 1. The number of dihydropyridines is 1. The van der Waals surface area contributed by atoms with E-state index in [0.717, 1.165) is 18.5 Å². The fraction of sp³-hybridized carbons (Fsp3) is 0.455. The predicted molar refractivity (Wildman–Crippen MR) is 107 cm³/mol. The van der Waals surface area contributed by atoms with Crippen molar-refractivity contribution in [2.75, 3.05) is 26.9 Å². The number of methoxy groups -OCH3 is 1. The molecule has 1 aromatic carbocycles. The van der Waals surface area contributed by atoms with Crippen molar-refractivity contribution in [1.29, 1.82) is 0 Å². The fourth-order valence-electron chi connectivity index (χ4n) is 3.88. The molecule has 29 heavy (non-hydrogen) atoms. The van der Waals surface area contributed by atoms with Crippen LogP contribution in [0.5, 0.6) is 11.5 Å². The van der Waals surface area contributed by atoms with Gasteiger partial charge in [-0.15, -0.1) is 0 Å². The molecule has 1 atom stereocenters. The number of allylic oxidation sites excluding steroid dienone is 3. The molecule has 3 rings (SSSR count). The first kappa shape index (κ1) is 20.9. The zero-order valence-corrected chi connectivity index (χ0v) is 17.0. The second-order valence-electron chi connectivity index (χ2n) is 7.03. The van der Waals surface area contributed by atoms with E-state index in [1.165, 1.54) is 13.2 Å². The Morgan fingerprint density at radius 3 is 2.79 bits per heavy atom. The topological polar surface area (TPSA) is 94.1 Å². The normalized spacial score (nSPS) is 19.0. The van der Waals surface area contributed by atoms with Crippen LogP contribution < -0.4 is 10.1 Å².